The van der Waals surface area contributed by atoms with E-state index in [-0.39, 0.29) is 11.1 Å². The molecule has 2 rings (SSSR count). The monoisotopic (exact) mass is 285 g/mol. The molecule has 3 N–H and O–H groups in total. The summed E-state index contributed by atoms with van der Waals surface area (Å²) >= 11 is 0. The topological polar surface area (TPSA) is 89.6 Å². The van der Waals surface area contributed by atoms with Crippen molar-refractivity contribution in [2.24, 2.45) is 5.73 Å². The number of aliphatic hydroxyl groups is 1. The van der Waals surface area contributed by atoms with Gasteiger partial charge in [0.2, 0.25) is 0 Å². The van der Waals surface area contributed by atoms with Crippen LogP contribution >= 0.6 is 0 Å². The molecule has 5 nitrogen and oxygen atoms in total. The molecule has 0 heterocycles. The summed E-state index contributed by atoms with van der Waals surface area (Å²) in [7, 11) is 1.26. The minimum Gasteiger partial charge on any atom is -0.465 e. The van der Waals surface area contributed by atoms with Crippen molar-refractivity contribution in [2.45, 2.75) is 5.60 Å². The van der Waals surface area contributed by atoms with Crippen LogP contribution in [0, 0.1) is 0 Å². The summed E-state index contributed by atoms with van der Waals surface area (Å²) in [5, 5.41) is 10.8. The van der Waals surface area contributed by atoms with Gasteiger partial charge in [0.1, 0.15) is 0 Å². The zero-order valence-electron chi connectivity index (χ0n) is 11.4. The fourth-order valence-corrected chi connectivity index (χ4v) is 2.12. The van der Waals surface area contributed by atoms with Gasteiger partial charge in [0.25, 0.3) is 5.91 Å². The molecule has 5 heteroatoms. The number of benzene rings is 2. The second-order valence-electron chi connectivity index (χ2n) is 4.51. The maximum atomic E-state index is 11.8. The third-order valence-corrected chi connectivity index (χ3v) is 3.25. The highest BCUT2D eigenvalue weighted by Crippen LogP contribution is 2.30. The van der Waals surface area contributed by atoms with Gasteiger partial charge in [-0.05, 0) is 23.3 Å². The van der Waals surface area contributed by atoms with Crippen LogP contribution in [0.2, 0.25) is 0 Å². The highest BCUT2D eigenvalue weighted by atomic mass is 16.5. The molecule has 1 atom stereocenters. The lowest BCUT2D eigenvalue weighted by Crippen LogP contribution is -2.42. The van der Waals surface area contributed by atoms with Crippen LogP contribution < -0.4 is 5.73 Å². The van der Waals surface area contributed by atoms with Gasteiger partial charge in [-0.1, -0.05) is 42.5 Å². The van der Waals surface area contributed by atoms with Gasteiger partial charge in [0.05, 0.1) is 12.7 Å². The Morgan fingerprint density at radius 3 is 2.24 bits per heavy atom. The van der Waals surface area contributed by atoms with Crippen molar-refractivity contribution in [3.63, 3.8) is 0 Å². The van der Waals surface area contributed by atoms with Gasteiger partial charge in [0.15, 0.2) is 5.60 Å². The lowest BCUT2D eigenvalue weighted by molar-refractivity contribution is -0.133. The molecule has 2 aromatic carbocycles. The Morgan fingerprint density at radius 1 is 1.05 bits per heavy atom. The Kier molecular flexibility index (Phi) is 4.05. The van der Waals surface area contributed by atoms with Crippen LogP contribution in [-0.2, 0) is 15.1 Å². The minimum absolute atomic E-state index is 0.212. The second-order valence-corrected chi connectivity index (χ2v) is 4.51. The van der Waals surface area contributed by atoms with Crippen molar-refractivity contribution >= 4 is 11.9 Å². The van der Waals surface area contributed by atoms with Gasteiger partial charge in [-0.25, -0.2) is 4.79 Å². The summed E-state index contributed by atoms with van der Waals surface area (Å²) in [6, 6.07) is 14.3. The molecule has 0 aliphatic rings. The fourth-order valence-electron chi connectivity index (χ4n) is 2.12. The van der Waals surface area contributed by atoms with E-state index in [0.717, 1.165) is 0 Å². The summed E-state index contributed by atoms with van der Waals surface area (Å²) < 4.78 is 4.63. The summed E-state index contributed by atoms with van der Waals surface area (Å²) in [6.45, 7) is 0. The molecular weight excluding hydrogens is 270 g/mol. The molecule has 0 radical (unpaired) electrons. The van der Waals surface area contributed by atoms with Crippen molar-refractivity contribution in [3.05, 3.63) is 71.3 Å². The van der Waals surface area contributed by atoms with Gasteiger partial charge in [0, 0.05) is 0 Å². The maximum Gasteiger partial charge on any atom is 0.337 e. The summed E-state index contributed by atoms with van der Waals surface area (Å²) in [5.74, 6) is -1.48. The van der Waals surface area contributed by atoms with E-state index in [4.69, 9.17) is 5.73 Å². The Hall–Kier alpha value is -2.66. The van der Waals surface area contributed by atoms with Crippen molar-refractivity contribution in [1.82, 2.24) is 0 Å². The molecule has 0 saturated heterocycles. The predicted molar refractivity (Wildman–Crippen MR) is 76.4 cm³/mol. The van der Waals surface area contributed by atoms with Gasteiger partial charge < -0.3 is 15.6 Å². The van der Waals surface area contributed by atoms with Crippen LogP contribution in [-0.4, -0.2) is 24.1 Å². The second kappa shape index (κ2) is 5.76. The standard InChI is InChI=1S/C16H15NO4/c1-21-14(18)11-6-5-9-13(10-11)16(20,15(17)19)12-7-3-2-4-8-12/h2-10,20H,1H3,(H2,17,19). The van der Waals surface area contributed by atoms with Gasteiger partial charge in [-0.15, -0.1) is 0 Å². The first kappa shape index (κ1) is 14.7. The first-order valence-corrected chi connectivity index (χ1v) is 6.26. The summed E-state index contributed by atoms with van der Waals surface area (Å²) in [6.07, 6.45) is 0. The number of rotatable bonds is 4. The van der Waals surface area contributed by atoms with Crippen LogP contribution in [0.5, 0.6) is 0 Å². The molecule has 0 aliphatic heterocycles. The zero-order chi connectivity index (χ0) is 15.5. The van der Waals surface area contributed by atoms with Crippen molar-refractivity contribution in [3.8, 4) is 0 Å². The van der Waals surface area contributed by atoms with E-state index in [0.29, 0.717) is 5.56 Å². The number of methoxy groups -OCH3 is 1. The number of amides is 1. The number of nitrogens with two attached hydrogens (primary N) is 1. The Labute approximate surface area is 122 Å². The third kappa shape index (κ3) is 2.64. The first-order valence-electron chi connectivity index (χ1n) is 6.26. The van der Waals surface area contributed by atoms with Crippen LogP contribution in [0.4, 0.5) is 0 Å². The Balaban J connectivity index is 2.59. The molecule has 21 heavy (non-hydrogen) atoms. The van der Waals surface area contributed by atoms with E-state index >= 15 is 0 Å². The van der Waals surface area contributed by atoms with E-state index in [1.54, 1.807) is 36.4 Å². The molecule has 0 aliphatic carbocycles. The fraction of sp³-hybridized carbons (Fsp3) is 0.125. The molecule has 0 fully saturated rings. The SMILES string of the molecule is COC(=O)c1cccc(C(O)(C(N)=O)c2ccccc2)c1. The molecule has 0 spiro atoms. The number of ether oxygens (including phenoxy) is 1. The number of hydrogen-bond donors (Lipinski definition) is 2. The van der Waals surface area contributed by atoms with E-state index in [1.165, 1.54) is 25.3 Å². The van der Waals surface area contributed by atoms with Crippen molar-refractivity contribution in [1.29, 1.82) is 0 Å². The lowest BCUT2D eigenvalue weighted by atomic mass is 9.85. The molecule has 0 aromatic heterocycles. The number of hydrogen-bond acceptors (Lipinski definition) is 4. The van der Waals surface area contributed by atoms with E-state index in [2.05, 4.69) is 4.74 Å². The Morgan fingerprint density at radius 2 is 1.67 bits per heavy atom. The van der Waals surface area contributed by atoms with Gasteiger partial charge in [-0.2, -0.15) is 0 Å². The lowest BCUT2D eigenvalue weighted by Gasteiger charge is -2.26. The van der Waals surface area contributed by atoms with Gasteiger partial charge >= 0.3 is 5.97 Å². The van der Waals surface area contributed by atoms with E-state index in [9.17, 15) is 14.7 Å². The van der Waals surface area contributed by atoms with Gasteiger partial charge in [-0.3, -0.25) is 4.79 Å². The van der Waals surface area contributed by atoms with E-state index in [1.807, 2.05) is 0 Å². The summed E-state index contributed by atoms with van der Waals surface area (Å²) in [4.78, 5) is 23.4. The molecule has 2 aromatic rings. The number of esters is 1. The smallest absolute Gasteiger partial charge is 0.337 e. The average Bonchev–Trinajstić information content (AvgIpc) is 2.54. The average molecular weight is 285 g/mol. The molecule has 0 saturated carbocycles. The maximum absolute atomic E-state index is 11.8. The molecule has 1 unspecified atom stereocenters. The summed E-state index contributed by atoms with van der Waals surface area (Å²) in [5.41, 5.74) is 4.15. The van der Waals surface area contributed by atoms with E-state index < -0.39 is 17.5 Å². The Bertz CT molecular complexity index is 669. The molecule has 0 bridgehead atoms. The van der Waals surface area contributed by atoms with Crippen LogP contribution in [0.25, 0.3) is 0 Å². The highest BCUT2D eigenvalue weighted by molar-refractivity contribution is 5.92. The molecule has 108 valence electrons. The van der Waals surface area contributed by atoms with Crippen LogP contribution in [0.1, 0.15) is 21.5 Å². The highest BCUT2D eigenvalue weighted by Gasteiger charge is 2.38. The predicted octanol–water partition coefficient (Wildman–Crippen LogP) is 1.19. The van der Waals surface area contributed by atoms with Crippen LogP contribution in [0.3, 0.4) is 0 Å². The minimum atomic E-state index is -2.01. The quantitative estimate of drug-likeness (QED) is 0.826. The largest absolute Gasteiger partial charge is 0.465 e. The zero-order valence-corrected chi connectivity index (χ0v) is 11.4. The number of carbonyl (C=O) groups is 2. The molecular formula is C16H15NO4. The molecule has 1 amide bonds. The third-order valence-electron chi connectivity index (χ3n) is 3.25. The van der Waals surface area contributed by atoms with Crippen LogP contribution in [0.15, 0.2) is 54.6 Å². The number of carbonyl (C=O) groups excluding carboxylic acids is 2. The van der Waals surface area contributed by atoms with Crippen molar-refractivity contribution < 1.29 is 19.4 Å². The first-order chi connectivity index (χ1) is 10.00. The normalized spacial score (nSPS) is 13.2. The number of primary amides is 1. The van der Waals surface area contributed by atoms with Crippen molar-refractivity contribution in [2.75, 3.05) is 7.11 Å².